The van der Waals surface area contributed by atoms with Crippen LogP contribution in [0, 0.1) is 5.92 Å². The fourth-order valence-electron chi connectivity index (χ4n) is 4.31. The Labute approximate surface area is 190 Å². The minimum absolute atomic E-state index is 0.00417. The summed E-state index contributed by atoms with van der Waals surface area (Å²) < 4.78 is 5.84. The number of ether oxygens (including phenoxy) is 1. The van der Waals surface area contributed by atoms with Gasteiger partial charge in [0.15, 0.2) is 5.13 Å². The first-order chi connectivity index (χ1) is 15.6. The normalized spacial score (nSPS) is 14.6. The molecule has 6 nitrogen and oxygen atoms in total. The maximum atomic E-state index is 13.1. The number of nitrogens with zero attached hydrogens (tertiary/aromatic N) is 2. The van der Waals surface area contributed by atoms with Gasteiger partial charge < -0.3 is 9.84 Å². The molecule has 1 fully saturated rings. The van der Waals surface area contributed by atoms with E-state index in [4.69, 9.17) is 9.84 Å². The predicted octanol–water partition coefficient (Wildman–Crippen LogP) is 5.33. The standard InChI is InChI=1S/C25H24N2O4S/c28-23(29)13-17-15-32-24(26-17)27(12-11-16-9-10-16)25(30)31-14-22-20-7-3-1-5-18(20)19-6-2-4-8-21(19)22/h1-8,15-16,22H,9-14H2,(H,28,29). The molecule has 2 aliphatic carbocycles. The summed E-state index contributed by atoms with van der Waals surface area (Å²) in [6.07, 6.45) is 2.71. The number of carboxylic acid groups (broad SMARTS) is 1. The van der Waals surface area contributed by atoms with Gasteiger partial charge in [-0.2, -0.15) is 0 Å². The van der Waals surface area contributed by atoms with E-state index in [2.05, 4.69) is 29.2 Å². The molecular formula is C25H24N2O4S. The van der Waals surface area contributed by atoms with Gasteiger partial charge in [0.05, 0.1) is 12.1 Å². The molecule has 0 aliphatic heterocycles. The van der Waals surface area contributed by atoms with Crippen molar-refractivity contribution in [2.24, 2.45) is 5.92 Å². The van der Waals surface area contributed by atoms with E-state index in [1.54, 1.807) is 10.3 Å². The van der Waals surface area contributed by atoms with Gasteiger partial charge in [0.25, 0.3) is 0 Å². The van der Waals surface area contributed by atoms with Gasteiger partial charge >= 0.3 is 12.1 Å². The van der Waals surface area contributed by atoms with Crippen LogP contribution >= 0.6 is 11.3 Å². The molecule has 5 rings (SSSR count). The number of amides is 1. The van der Waals surface area contributed by atoms with Crippen molar-refractivity contribution < 1.29 is 19.4 Å². The molecule has 2 aromatic carbocycles. The van der Waals surface area contributed by atoms with Crippen LogP contribution in [0.4, 0.5) is 9.93 Å². The third-order valence-corrected chi connectivity index (χ3v) is 7.03. The number of hydrogen-bond donors (Lipinski definition) is 1. The van der Waals surface area contributed by atoms with E-state index in [1.807, 2.05) is 24.3 Å². The van der Waals surface area contributed by atoms with Crippen LogP contribution < -0.4 is 4.90 Å². The summed E-state index contributed by atoms with van der Waals surface area (Å²) in [5, 5.41) is 11.2. The predicted molar refractivity (Wildman–Crippen MR) is 123 cm³/mol. The van der Waals surface area contributed by atoms with Gasteiger partial charge in [0.1, 0.15) is 6.61 Å². The molecule has 0 bridgehead atoms. The number of aromatic nitrogens is 1. The lowest BCUT2D eigenvalue weighted by Crippen LogP contribution is -2.33. The van der Waals surface area contributed by atoms with Crippen LogP contribution in [0.25, 0.3) is 11.1 Å². The molecule has 1 saturated carbocycles. The maximum absolute atomic E-state index is 13.1. The number of carboxylic acids is 1. The molecule has 2 aliphatic rings. The SMILES string of the molecule is O=C(O)Cc1csc(N(CCC2CC2)C(=O)OCC2c3ccccc3-c3ccccc32)n1. The Bertz CT molecular complexity index is 1110. The van der Waals surface area contributed by atoms with Gasteiger partial charge in [0, 0.05) is 17.8 Å². The second kappa shape index (κ2) is 8.74. The number of hydrogen-bond acceptors (Lipinski definition) is 5. The molecule has 164 valence electrons. The number of fused-ring (bicyclic) bond motifs is 3. The highest BCUT2D eigenvalue weighted by atomic mass is 32.1. The molecule has 0 saturated heterocycles. The van der Waals surface area contributed by atoms with Crippen LogP contribution in [0.15, 0.2) is 53.9 Å². The number of rotatable bonds is 8. The summed E-state index contributed by atoms with van der Waals surface area (Å²) in [7, 11) is 0. The molecule has 0 atom stereocenters. The third kappa shape index (κ3) is 4.25. The van der Waals surface area contributed by atoms with Gasteiger partial charge in [-0.05, 0) is 34.6 Å². The van der Waals surface area contributed by atoms with Crippen molar-refractivity contribution in [2.45, 2.75) is 31.6 Å². The third-order valence-electron chi connectivity index (χ3n) is 6.12. The van der Waals surface area contributed by atoms with E-state index in [0.717, 1.165) is 6.42 Å². The highest BCUT2D eigenvalue weighted by Gasteiger charge is 2.31. The molecule has 0 spiro atoms. The Balaban J connectivity index is 1.33. The Morgan fingerprint density at radius 1 is 1.06 bits per heavy atom. The second-order valence-electron chi connectivity index (χ2n) is 8.38. The lowest BCUT2D eigenvalue weighted by Gasteiger charge is -2.21. The lowest BCUT2D eigenvalue weighted by molar-refractivity contribution is -0.136. The van der Waals surface area contributed by atoms with E-state index < -0.39 is 12.1 Å². The van der Waals surface area contributed by atoms with Crippen molar-refractivity contribution in [2.75, 3.05) is 18.1 Å². The molecule has 3 aromatic rings. The Morgan fingerprint density at radius 2 is 1.72 bits per heavy atom. The van der Waals surface area contributed by atoms with Crippen LogP contribution in [-0.4, -0.2) is 35.3 Å². The minimum Gasteiger partial charge on any atom is -0.481 e. The summed E-state index contributed by atoms with van der Waals surface area (Å²) in [4.78, 5) is 30.1. The first kappa shape index (κ1) is 20.7. The van der Waals surface area contributed by atoms with E-state index in [-0.39, 0.29) is 18.9 Å². The summed E-state index contributed by atoms with van der Waals surface area (Å²) in [5.41, 5.74) is 5.18. The van der Waals surface area contributed by atoms with Crippen LogP contribution in [-0.2, 0) is 16.0 Å². The van der Waals surface area contributed by atoms with E-state index in [1.165, 1.54) is 46.4 Å². The fourth-order valence-corrected chi connectivity index (χ4v) is 5.15. The van der Waals surface area contributed by atoms with Gasteiger partial charge in [-0.1, -0.05) is 61.4 Å². The van der Waals surface area contributed by atoms with E-state index in [9.17, 15) is 9.59 Å². The van der Waals surface area contributed by atoms with Gasteiger partial charge in [-0.15, -0.1) is 11.3 Å². The first-order valence-corrected chi connectivity index (χ1v) is 11.8. The average Bonchev–Trinajstić information content (AvgIpc) is 3.42. The van der Waals surface area contributed by atoms with Gasteiger partial charge in [0.2, 0.25) is 0 Å². The number of carbonyl (C=O) groups excluding carboxylic acids is 1. The molecule has 0 radical (unpaired) electrons. The number of aliphatic carboxylic acids is 1. The molecule has 0 unspecified atom stereocenters. The molecular weight excluding hydrogens is 424 g/mol. The zero-order valence-electron chi connectivity index (χ0n) is 17.6. The zero-order chi connectivity index (χ0) is 22.1. The number of anilines is 1. The zero-order valence-corrected chi connectivity index (χ0v) is 18.4. The Morgan fingerprint density at radius 3 is 2.34 bits per heavy atom. The van der Waals surface area contributed by atoms with Crippen molar-refractivity contribution in [3.63, 3.8) is 0 Å². The van der Waals surface area contributed by atoms with Crippen molar-refractivity contribution in [3.05, 3.63) is 70.7 Å². The van der Waals surface area contributed by atoms with Crippen molar-refractivity contribution in [1.29, 1.82) is 0 Å². The average molecular weight is 449 g/mol. The highest BCUT2D eigenvalue weighted by molar-refractivity contribution is 7.14. The molecule has 32 heavy (non-hydrogen) atoms. The van der Waals surface area contributed by atoms with Gasteiger partial charge in [-0.25, -0.2) is 9.78 Å². The van der Waals surface area contributed by atoms with Crippen molar-refractivity contribution in [3.8, 4) is 11.1 Å². The molecule has 7 heteroatoms. The van der Waals surface area contributed by atoms with Crippen LogP contribution in [0.5, 0.6) is 0 Å². The Hall–Kier alpha value is -3.19. The summed E-state index contributed by atoms with van der Waals surface area (Å²) in [6.45, 7) is 0.779. The monoisotopic (exact) mass is 448 g/mol. The topological polar surface area (TPSA) is 79.7 Å². The first-order valence-electron chi connectivity index (χ1n) is 10.9. The molecule has 1 aromatic heterocycles. The van der Waals surface area contributed by atoms with Crippen molar-refractivity contribution in [1.82, 2.24) is 4.98 Å². The fraction of sp³-hybridized carbons (Fsp3) is 0.320. The summed E-state index contributed by atoms with van der Waals surface area (Å²) in [5.74, 6) is -0.291. The van der Waals surface area contributed by atoms with E-state index in [0.29, 0.717) is 23.3 Å². The van der Waals surface area contributed by atoms with Crippen LogP contribution in [0.1, 0.15) is 42.0 Å². The second-order valence-corrected chi connectivity index (χ2v) is 9.22. The maximum Gasteiger partial charge on any atom is 0.416 e. The molecule has 1 heterocycles. The van der Waals surface area contributed by atoms with Crippen molar-refractivity contribution >= 4 is 28.5 Å². The lowest BCUT2D eigenvalue weighted by atomic mass is 9.98. The Kier molecular flexibility index (Phi) is 5.66. The number of benzene rings is 2. The largest absolute Gasteiger partial charge is 0.481 e. The number of thiazole rings is 1. The van der Waals surface area contributed by atoms with E-state index >= 15 is 0 Å². The minimum atomic E-state index is -0.937. The highest BCUT2D eigenvalue weighted by Crippen LogP contribution is 2.44. The smallest absolute Gasteiger partial charge is 0.416 e. The quantitative estimate of drug-likeness (QED) is 0.504. The summed E-state index contributed by atoms with van der Waals surface area (Å²) >= 11 is 1.29. The number of carbonyl (C=O) groups is 2. The van der Waals surface area contributed by atoms with Gasteiger partial charge in [-0.3, -0.25) is 9.69 Å². The van der Waals surface area contributed by atoms with Crippen LogP contribution in [0.2, 0.25) is 0 Å². The molecule has 1 amide bonds. The van der Waals surface area contributed by atoms with Crippen LogP contribution in [0.3, 0.4) is 0 Å². The summed E-state index contributed by atoms with van der Waals surface area (Å²) in [6, 6.07) is 16.5. The molecule has 1 N–H and O–H groups in total.